The SMILES string of the molecule is CC1(C)OB(c2c(C3CC3)nn3ccc(F)cc23)OC1(C)C. The van der Waals surface area contributed by atoms with E-state index >= 15 is 0 Å². The summed E-state index contributed by atoms with van der Waals surface area (Å²) >= 11 is 0. The first kappa shape index (κ1) is 14.2. The van der Waals surface area contributed by atoms with Crippen molar-refractivity contribution in [3.8, 4) is 0 Å². The van der Waals surface area contributed by atoms with Crippen molar-refractivity contribution in [1.29, 1.82) is 0 Å². The van der Waals surface area contributed by atoms with Crippen LogP contribution in [-0.2, 0) is 9.31 Å². The molecule has 1 saturated heterocycles. The second-order valence-electron chi connectivity index (χ2n) is 7.34. The average Bonchev–Trinajstić information content (AvgIpc) is 3.14. The van der Waals surface area contributed by atoms with Gasteiger partial charge in [-0.1, -0.05) is 0 Å². The Morgan fingerprint density at radius 1 is 1.23 bits per heavy atom. The van der Waals surface area contributed by atoms with E-state index in [9.17, 15) is 4.39 Å². The van der Waals surface area contributed by atoms with Crippen LogP contribution in [0.15, 0.2) is 18.3 Å². The minimum Gasteiger partial charge on any atom is -0.399 e. The Labute approximate surface area is 129 Å². The topological polar surface area (TPSA) is 35.8 Å². The van der Waals surface area contributed by atoms with Gasteiger partial charge in [0.25, 0.3) is 0 Å². The highest BCUT2D eigenvalue weighted by Gasteiger charge is 2.54. The maximum atomic E-state index is 13.7. The minimum atomic E-state index is -0.500. The molecule has 0 bridgehead atoms. The molecule has 0 amide bonds. The molecule has 1 aliphatic heterocycles. The molecule has 2 aromatic heterocycles. The molecule has 116 valence electrons. The van der Waals surface area contributed by atoms with Crippen molar-refractivity contribution in [2.45, 2.75) is 57.7 Å². The van der Waals surface area contributed by atoms with Gasteiger partial charge in [-0.2, -0.15) is 5.10 Å². The normalized spacial score (nSPS) is 23.4. The molecule has 0 N–H and O–H groups in total. The Hall–Kier alpha value is -1.40. The number of pyridine rings is 1. The Bertz CT molecular complexity index is 736. The highest BCUT2D eigenvalue weighted by molar-refractivity contribution is 6.65. The van der Waals surface area contributed by atoms with Crippen LogP contribution in [0.3, 0.4) is 0 Å². The van der Waals surface area contributed by atoms with Gasteiger partial charge >= 0.3 is 7.12 Å². The zero-order valence-electron chi connectivity index (χ0n) is 13.4. The maximum absolute atomic E-state index is 13.7. The van der Waals surface area contributed by atoms with E-state index in [1.807, 2.05) is 27.7 Å². The highest BCUT2D eigenvalue weighted by Crippen LogP contribution is 2.41. The minimum absolute atomic E-state index is 0.271. The number of hydrogen-bond donors (Lipinski definition) is 0. The van der Waals surface area contributed by atoms with Crippen molar-refractivity contribution in [3.63, 3.8) is 0 Å². The molecule has 2 aliphatic rings. The smallest absolute Gasteiger partial charge is 0.399 e. The number of nitrogens with zero attached hydrogens (tertiary/aromatic N) is 2. The molecule has 4 nitrogen and oxygen atoms in total. The van der Waals surface area contributed by atoms with E-state index in [1.165, 1.54) is 12.1 Å². The largest absolute Gasteiger partial charge is 0.499 e. The first-order chi connectivity index (χ1) is 10.3. The van der Waals surface area contributed by atoms with E-state index in [0.717, 1.165) is 29.5 Å². The van der Waals surface area contributed by atoms with Gasteiger partial charge in [-0.25, -0.2) is 8.91 Å². The van der Waals surface area contributed by atoms with Crippen molar-refractivity contribution < 1.29 is 13.7 Å². The molecule has 4 rings (SSSR count). The Morgan fingerprint density at radius 3 is 2.45 bits per heavy atom. The zero-order chi connectivity index (χ0) is 15.7. The van der Waals surface area contributed by atoms with E-state index in [-0.39, 0.29) is 5.82 Å². The third kappa shape index (κ3) is 2.01. The molecule has 0 atom stereocenters. The van der Waals surface area contributed by atoms with Crippen LogP contribution in [0, 0.1) is 5.82 Å². The molecule has 0 radical (unpaired) electrons. The van der Waals surface area contributed by atoms with Crippen molar-refractivity contribution >= 4 is 18.1 Å². The molecule has 0 spiro atoms. The summed E-state index contributed by atoms with van der Waals surface area (Å²) in [4.78, 5) is 0. The van der Waals surface area contributed by atoms with Crippen molar-refractivity contribution in [3.05, 3.63) is 29.8 Å². The standard InChI is InChI=1S/C16H20BFN2O2/c1-15(2)16(3,4)22-17(21-15)13-12-9-11(18)7-8-20(12)19-14(13)10-5-6-10/h7-10H,5-6H2,1-4H3. The summed E-state index contributed by atoms with van der Waals surface area (Å²) in [6.07, 6.45) is 3.91. The molecule has 2 fully saturated rings. The molecule has 3 heterocycles. The van der Waals surface area contributed by atoms with Crippen molar-refractivity contribution in [2.24, 2.45) is 0 Å². The predicted molar refractivity (Wildman–Crippen MR) is 82.8 cm³/mol. The summed E-state index contributed by atoms with van der Waals surface area (Å²) < 4.78 is 27.8. The van der Waals surface area contributed by atoms with E-state index in [1.54, 1.807) is 10.7 Å². The fourth-order valence-electron chi connectivity index (χ4n) is 2.92. The van der Waals surface area contributed by atoms with Crippen LogP contribution in [0.25, 0.3) is 5.52 Å². The van der Waals surface area contributed by atoms with Gasteiger partial charge in [0, 0.05) is 17.6 Å². The lowest BCUT2D eigenvalue weighted by molar-refractivity contribution is 0.00578. The number of fused-ring (bicyclic) bond motifs is 1. The van der Waals surface area contributed by atoms with E-state index in [0.29, 0.717) is 5.92 Å². The molecule has 0 unspecified atom stereocenters. The van der Waals surface area contributed by atoms with Gasteiger partial charge in [-0.15, -0.1) is 0 Å². The number of hydrogen-bond acceptors (Lipinski definition) is 3. The molecular formula is C16H20BFN2O2. The molecule has 1 saturated carbocycles. The third-order valence-electron chi connectivity index (χ3n) is 5.12. The van der Waals surface area contributed by atoms with Gasteiger partial charge in [-0.05, 0) is 52.7 Å². The van der Waals surface area contributed by atoms with Crippen LogP contribution in [0.1, 0.15) is 52.1 Å². The summed E-state index contributed by atoms with van der Waals surface area (Å²) in [6, 6.07) is 2.93. The summed E-state index contributed by atoms with van der Waals surface area (Å²) in [7, 11) is -0.500. The van der Waals surface area contributed by atoms with Gasteiger partial charge in [0.2, 0.25) is 0 Å². The predicted octanol–water partition coefficient (Wildman–Crippen LogP) is 2.65. The number of aromatic nitrogens is 2. The molecule has 0 aromatic carbocycles. The average molecular weight is 302 g/mol. The van der Waals surface area contributed by atoms with Crippen molar-refractivity contribution in [2.75, 3.05) is 0 Å². The van der Waals surface area contributed by atoms with E-state index < -0.39 is 18.3 Å². The molecule has 1 aliphatic carbocycles. The Morgan fingerprint density at radius 2 is 1.86 bits per heavy atom. The maximum Gasteiger partial charge on any atom is 0.499 e. The van der Waals surface area contributed by atoms with Crippen LogP contribution in [0.2, 0.25) is 0 Å². The first-order valence-electron chi connectivity index (χ1n) is 7.82. The molecule has 6 heteroatoms. The fraction of sp³-hybridized carbons (Fsp3) is 0.562. The lowest BCUT2D eigenvalue weighted by Crippen LogP contribution is -2.41. The van der Waals surface area contributed by atoms with Crippen LogP contribution < -0.4 is 5.46 Å². The fourth-order valence-corrected chi connectivity index (χ4v) is 2.92. The highest BCUT2D eigenvalue weighted by atomic mass is 19.1. The zero-order valence-corrected chi connectivity index (χ0v) is 13.4. The van der Waals surface area contributed by atoms with Gasteiger partial charge in [-0.3, -0.25) is 0 Å². The molecular weight excluding hydrogens is 282 g/mol. The lowest BCUT2D eigenvalue weighted by atomic mass is 9.76. The van der Waals surface area contributed by atoms with Crippen LogP contribution >= 0.6 is 0 Å². The summed E-state index contributed by atoms with van der Waals surface area (Å²) in [5.74, 6) is 0.171. The summed E-state index contributed by atoms with van der Waals surface area (Å²) in [5.41, 5.74) is 1.78. The molecule has 22 heavy (non-hydrogen) atoms. The van der Waals surface area contributed by atoms with Gasteiger partial charge in [0.15, 0.2) is 0 Å². The van der Waals surface area contributed by atoms with E-state index in [4.69, 9.17) is 9.31 Å². The second kappa shape index (κ2) is 4.33. The monoisotopic (exact) mass is 302 g/mol. The number of rotatable bonds is 2. The van der Waals surface area contributed by atoms with Crippen LogP contribution in [0.5, 0.6) is 0 Å². The summed E-state index contributed by atoms with van der Waals surface area (Å²) in [5, 5.41) is 4.65. The molecule has 2 aromatic rings. The Balaban J connectivity index is 1.87. The first-order valence-corrected chi connectivity index (χ1v) is 7.82. The third-order valence-corrected chi connectivity index (χ3v) is 5.12. The number of halogens is 1. The van der Waals surface area contributed by atoms with Crippen LogP contribution in [-0.4, -0.2) is 27.9 Å². The van der Waals surface area contributed by atoms with Gasteiger partial charge in [0.05, 0.1) is 22.4 Å². The Kier molecular flexibility index (Phi) is 2.80. The quantitative estimate of drug-likeness (QED) is 0.800. The van der Waals surface area contributed by atoms with Gasteiger partial charge in [0.1, 0.15) is 5.82 Å². The second-order valence-corrected chi connectivity index (χ2v) is 7.34. The lowest BCUT2D eigenvalue weighted by Gasteiger charge is -2.32. The van der Waals surface area contributed by atoms with E-state index in [2.05, 4.69) is 5.10 Å². The van der Waals surface area contributed by atoms with Gasteiger partial charge < -0.3 is 9.31 Å². The summed E-state index contributed by atoms with van der Waals surface area (Å²) in [6.45, 7) is 8.10. The van der Waals surface area contributed by atoms with Crippen molar-refractivity contribution in [1.82, 2.24) is 9.61 Å². The van der Waals surface area contributed by atoms with Crippen LogP contribution in [0.4, 0.5) is 4.39 Å².